The van der Waals surface area contributed by atoms with Crippen LogP contribution in [0.4, 0.5) is 5.69 Å². The molecule has 0 aliphatic carbocycles. The fourth-order valence-corrected chi connectivity index (χ4v) is 2.20. The summed E-state index contributed by atoms with van der Waals surface area (Å²) in [4.78, 5) is 17.3. The number of amides is 1. The van der Waals surface area contributed by atoms with Crippen molar-refractivity contribution in [3.63, 3.8) is 0 Å². The van der Waals surface area contributed by atoms with E-state index in [1.165, 1.54) is 0 Å². The standard InChI is InChI=1S/C15H21N3O/c1-4-10(2)9-18(3)15(19)13-8-17-14-6-5-11(16)7-12(13)14/h5-8,10,17H,4,9,16H2,1-3H3. The second-order valence-electron chi connectivity index (χ2n) is 5.21. The van der Waals surface area contributed by atoms with Gasteiger partial charge in [-0.2, -0.15) is 0 Å². The van der Waals surface area contributed by atoms with Gasteiger partial charge in [0.05, 0.1) is 5.56 Å². The SMILES string of the molecule is CCC(C)CN(C)C(=O)c1c[nH]c2ccc(N)cc12. The number of benzene rings is 1. The molecule has 0 spiro atoms. The molecule has 0 aliphatic rings. The van der Waals surface area contributed by atoms with Gasteiger partial charge >= 0.3 is 0 Å². The number of anilines is 1. The lowest BCUT2D eigenvalue weighted by molar-refractivity contribution is 0.0777. The third kappa shape index (κ3) is 2.72. The van der Waals surface area contributed by atoms with Gasteiger partial charge in [0.2, 0.25) is 0 Å². The summed E-state index contributed by atoms with van der Waals surface area (Å²) >= 11 is 0. The number of hydrogen-bond acceptors (Lipinski definition) is 2. The van der Waals surface area contributed by atoms with Crippen molar-refractivity contribution in [1.82, 2.24) is 9.88 Å². The van der Waals surface area contributed by atoms with E-state index in [1.54, 1.807) is 11.1 Å². The van der Waals surface area contributed by atoms with Gasteiger partial charge in [0, 0.05) is 36.4 Å². The number of hydrogen-bond donors (Lipinski definition) is 2. The van der Waals surface area contributed by atoms with Crippen LogP contribution in [0.25, 0.3) is 10.9 Å². The van der Waals surface area contributed by atoms with E-state index in [-0.39, 0.29) is 5.91 Å². The van der Waals surface area contributed by atoms with Gasteiger partial charge in [-0.15, -0.1) is 0 Å². The first kappa shape index (κ1) is 13.5. The highest BCUT2D eigenvalue weighted by Gasteiger charge is 2.17. The zero-order valence-electron chi connectivity index (χ0n) is 11.7. The fraction of sp³-hybridized carbons (Fsp3) is 0.400. The van der Waals surface area contributed by atoms with Gasteiger partial charge in [0.25, 0.3) is 5.91 Å². The van der Waals surface area contributed by atoms with E-state index in [9.17, 15) is 4.79 Å². The summed E-state index contributed by atoms with van der Waals surface area (Å²) in [5.41, 5.74) is 8.09. The Morgan fingerprint density at radius 2 is 2.21 bits per heavy atom. The molecule has 0 bridgehead atoms. The number of rotatable bonds is 4. The number of nitrogens with one attached hydrogen (secondary N) is 1. The monoisotopic (exact) mass is 259 g/mol. The van der Waals surface area contributed by atoms with E-state index in [4.69, 9.17) is 5.73 Å². The highest BCUT2D eigenvalue weighted by atomic mass is 16.2. The Kier molecular flexibility index (Phi) is 3.79. The fourth-order valence-electron chi connectivity index (χ4n) is 2.20. The second kappa shape index (κ2) is 5.34. The number of nitrogen functional groups attached to an aromatic ring is 1. The van der Waals surface area contributed by atoms with Gasteiger partial charge in [0.1, 0.15) is 0 Å². The largest absolute Gasteiger partial charge is 0.399 e. The molecule has 0 aliphatic heterocycles. The predicted octanol–water partition coefficient (Wildman–Crippen LogP) is 2.87. The molecule has 3 N–H and O–H groups in total. The van der Waals surface area contributed by atoms with Crippen LogP contribution in [0.15, 0.2) is 24.4 Å². The lowest BCUT2D eigenvalue weighted by Crippen LogP contribution is -2.30. The first-order valence-electron chi connectivity index (χ1n) is 6.65. The number of nitrogens with zero attached hydrogens (tertiary/aromatic N) is 1. The van der Waals surface area contributed by atoms with Crippen molar-refractivity contribution < 1.29 is 4.79 Å². The maximum absolute atomic E-state index is 12.4. The summed E-state index contributed by atoms with van der Waals surface area (Å²) in [6.07, 6.45) is 2.83. The molecule has 0 saturated carbocycles. The van der Waals surface area contributed by atoms with Crippen LogP contribution in [-0.4, -0.2) is 29.4 Å². The summed E-state index contributed by atoms with van der Waals surface area (Å²) in [6.45, 7) is 5.05. The van der Waals surface area contributed by atoms with Crippen LogP contribution < -0.4 is 5.73 Å². The molecule has 2 aromatic rings. The van der Waals surface area contributed by atoms with Crippen LogP contribution >= 0.6 is 0 Å². The molecular weight excluding hydrogens is 238 g/mol. The summed E-state index contributed by atoms with van der Waals surface area (Å²) in [7, 11) is 1.85. The number of fused-ring (bicyclic) bond motifs is 1. The Labute approximate surface area is 113 Å². The van der Waals surface area contributed by atoms with E-state index in [1.807, 2.05) is 25.2 Å². The van der Waals surface area contributed by atoms with E-state index < -0.39 is 0 Å². The Morgan fingerprint density at radius 3 is 2.89 bits per heavy atom. The number of aromatic amines is 1. The van der Waals surface area contributed by atoms with Crippen molar-refractivity contribution in [1.29, 1.82) is 0 Å². The number of carbonyl (C=O) groups excluding carboxylic acids is 1. The van der Waals surface area contributed by atoms with Crippen LogP contribution in [0.1, 0.15) is 30.6 Å². The molecule has 0 fully saturated rings. The van der Waals surface area contributed by atoms with Crippen LogP contribution in [0, 0.1) is 5.92 Å². The average molecular weight is 259 g/mol. The maximum atomic E-state index is 12.4. The molecule has 0 radical (unpaired) electrons. The number of H-pyrrole nitrogens is 1. The van der Waals surface area contributed by atoms with Gasteiger partial charge in [-0.25, -0.2) is 0 Å². The van der Waals surface area contributed by atoms with Gasteiger partial charge in [-0.05, 0) is 24.1 Å². The van der Waals surface area contributed by atoms with Crippen molar-refractivity contribution in [3.05, 3.63) is 30.0 Å². The van der Waals surface area contributed by atoms with E-state index in [2.05, 4.69) is 18.8 Å². The minimum atomic E-state index is 0.0390. The van der Waals surface area contributed by atoms with Crippen molar-refractivity contribution >= 4 is 22.5 Å². The normalized spacial score (nSPS) is 12.6. The highest BCUT2D eigenvalue weighted by Crippen LogP contribution is 2.22. The molecular formula is C15H21N3O. The molecule has 1 heterocycles. The molecule has 102 valence electrons. The molecule has 0 saturated heterocycles. The molecule has 19 heavy (non-hydrogen) atoms. The molecule has 2 rings (SSSR count). The Balaban J connectivity index is 2.28. The zero-order valence-corrected chi connectivity index (χ0v) is 11.7. The number of carbonyl (C=O) groups is 1. The summed E-state index contributed by atoms with van der Waals surface area (Å²) in [6, 6.07) is 5.57. The Morgan fingerprint density at radius 1 is 1.47 bits per heavy atom. The topological polar surface area (TPSA) is 62.1 Å². The highest BCUT2D eigenvalue weighted by molar-refractivity contribution is 6.07. The lowest BCUT2D eigenvalue weighted by atomic mass is 10.1. The molecule has 1 amide bonds. The third-order valence-electron chi connectivity index (χ3n) is 3.57. The van der Waals surface area contributed by atoms with Gasteiger partial charge in [0.15, 0.2) is 0 Å². The Hall–Kier alpha value is -1.97. The molecule has 4 nitrogen and oxygen atoms in total. The third-order valence-corrected chi connectivity index (χ3v) is 3.57. The minimum absolute atomic E-state index is 0.0390. The quantitative estimate of drug-likeness (QED) is 0.829. The van der Waals surface area contributed by atoms with Gasteiger partial charge < -0.3 is 15.6 Å². The van der Waals surface area contributed by atoms with Crippen molar-refractivity contribution in [2.45, 2.75) is 20.3 Å². The molecule has 4 heteroatoms. The zero-order chi connectivity index (χ0) is 14.0. The van der Waals surface area contributed by atoms with Crippen LogP contribution in [0.5, 0.6) is 0 Å². The number of aromatic nitrogens is 1. The average Bonchev–Trinajstić information content (AvgIpc) is 2.80. The Bertz CT molecular complexity index is 588. The van der Waals surface area contributed by atoms with Gasteiger partial charge in [-0.1, -0.05) is 20.3 Å². The maximum Gasteiger partial charge on any atom is 0.255 e. The van der Waals surface area contributed by atoms with E-state index in [0.29, 0.717) is 17.2 Å². The molecule has 1 aromatic carbocycles. The minimum Gasteiger partial charge on any atom is -0.399 e. The van der Waals surface area contributed by atoms with E-state index >= 15 is 0 Å². The van der Waals surface area contributed by atoms with Crippen molar-refractivity contribution in [3.8, 4) is 0 Å². The lowest BCUT2D eigenvalue weighted by Gasteiger charge is -2.20. The molecule has 1 aromatic heterocycles. The predicted molar refractivity (Wildman–Crippen MR) is 79.1 cm³/mol. The molecule has 1 atom stereocenters. The summed E-state index contributed by atoms with van der Waals surface area (Å²) in [5.74, 6) is 0.543. The van der Waals surface area contributed by atoms with E-state index in [0.717, 1.165) is 23.9 Å². The van der Waals surface area contributed by atoms with Crippen molar-refractivity contribution in [2.75, 3.05) is 19.3 Å². The van der Waals surface area contributed by atoms with Crippen LogP contribution in [-0.2, 0) is 0 Å². The van der Waals surface area contributed by atoms with Gasteiger partial charge in [-0.3, -0.25) is 4.79 Å². The summed E-state index contributed by atoms with van der Waals surface area (Å²) in [5, 5.41) is 0.890. The van der Waals surface area contributed by atoms with Crippen LogP contribution in [0.2, 0.25) is 0 Å². The first-order valence-corrected chi connectivity index (χ1v) is 6.65. The second-order valence-corrected chi connectivity index (χ2v) is 5.21. The van der Waals surface area contributed by atoms with Crippen LogP contribution in [0.3, 0.4) is 0 Å². The first-order chi connectivity index (χ1) is 9.02. The smallest absolute Gasteiger partial charge is 0.255 e. The summed E-state index contributed by atoms with van der Waals surface area (Å²) < 4.78 is 0. The number of nitrogens with two attached hydrogens (primary N) is 1. The molecule has 1 unspecified atom stereocenters. The van der Waals surface area contributed by atoms with Crippen molar-refractivity contribution in [2.24, 2.45) is 5.92 Å².